The number of para-hydroxylation sites is 1. The van der Waals surface area contributed by atoms with E-state index < -0.39 is 0 Å². The molecule has 94 valence electrons. The lowest BCUT2D eigenvalue weighted by molar-refractivity contribution is 0.318. The third kappa shape index (κ3) is 2.14. The maximum atomic E-state index is 11.9. The second kappa shape index (κ2) is 4.51. The molecule has 0 spiro atoms. The van der Waals surface area contributed by atoms with Crippen molar-refractivity contribution in [1.82, 2.24) is 14.9 Å². The molecule has 0 radical (unpaired) electrons. The van der Waals surface area contributed by atoms with Crippen molar-refractivity contribution in [2.24, 2.45) is 5.73 Å². The molecule has 18 heavy (non-hydrogen) atoms. The number of fused-ring (bicyclic) bond motifs is 1. The molecule has 3 rings (SSSR count). The molecule has 1 aromatic carbocycles. The summed E-state index contributed by atoms with van der Waals surface area (Å²) < 4.78 is 0. The van der Waals surface area contributed by atoms with Crippen molar-refractivity contribution in [2.75, 3.05) is 13.1 Å². The Morgan fingerprint density at radius 1 is 1.44 bits per heavy atom. The summed E-state index contributed by atoms with van der Waals surface area (Å²) in [6.07, 6.45) is 1.01. The number of likely N-dealkylation sites (tertiary alicyclic amines) is 1. The van der Waals surface area contributed by atoms with E-state index in [1.807, 2.05) is 18.2 Å². The lowest BCUT2D eigenvalue weighted by Gasteiger charge is -2.14. The summed E-state index contributed by atoms with van der Waals surface area (Å²) in [4.78, 5) is 21.4. The van der Waals surface area contributed by atoms with Crippen molar-refractivity contribution in [3.8, 4) is 0 Å². The Hall–Kier alpha value is -1.72. The summed E-state index contributed by atoms with van der Waals surface area (Å²) in [5.74, 6) is 0.716. The lowest BCUT2D eigenvalue weighted by atomic mass is 10.2. The number of benzene rings is 1. The van der Waals surface area contributed by atoms with Gasteiger partial charge in [0, 0.05) is 19.1 Å². The number of nitrogens with two attached hydrogens (primary N) is 1. The van der Waals surface area contributed by atoms with Crippen LogP contribution in [0.3, 0.4) is 0 Å². The van der Waals surface area contributed by atoms with Gasteiger partial charge in [0.15, 0.2) is 0 Å². The fraction of sp³-hybridized carbons (Fsp3) is 0.385. The van der Waals surface area contributed by atoms with Crippen LogP contribution in [0.15, 0.2) is 29.1 Å². The van der Waals surface area contributed by atoms with Crippen LogP contribution in [-0.4, -0.2) is 34.0 Å². The number of hydrogen-bond donors (Lipinski definition) is 2. The summed E-state index contributed by atoms with van der Waals surface area (Å²) in [5.41, 5.74) is 6.54. The standard InChI is InChI=1S/C13H16N4O/c14-9-5-6-17(7-9)8-12-15-11-4-2-1-3-10(11)13(18)16-12/h1-4,9H,5-8,14H2,(H,15,16,18). The highest BCUT2D eigenvalue weighted by molar-refractivity contribution is 5.77. The summed E-state index contributed by atoms with van der Waals surface area (Å²) in [6, 6.07) is 7.64. The molecule has 2 heterocycles. The van der Waals surface area contributed by atoms with Crippen LogP contribution in [0.2, 0.25) is 0 Å². The van der Waals surface area contributed by atoms with E-state index in [0.29, 0.717) is 17.8 Å². The lowest BCUT2D eigenvalue weighted by Crippen LogP contribution is -2.27. The van der Waals surface area contributed by atoms with Crippen LogP contribution in [-0.2, 0) is 6.54 Å². The second-order valence-corrected chi connectivity index (χ2v) is 4.81. The third-order valence-corrected chi connectivity index (χ3v) is 3.34. The quantitative estimate of drug-likeness (QED) is 0.804. The molecule has 5 heteroatoms. The minimum absolute atomic E-state index is 0.0703. The first-order chi connectivity index (χ1) is 8.72. The molecule has 1 aliphatic rings. The molecule has 0 bridgehead atoms. The van der Waals surface area contributed by atoms with Gasteiger partial charge in [-0.3, -0.25) is 9.69 Å². The predicted molar refractivity (Wildman–Crippen MR) is 70.2 cm³/mol. The molecular weight excluding hydrogens is 228 g/mol. The highest BCUT2D eigenvalue weighted by atomic mass is 16.1. The largest absolute Gasteiger partial charge is 0.326 e. The molecule has 1 aromatic heterocycles. The van der Waals surface area contributed by atoms with E-state index in [9.17, 15) is 4.79 Å². The van der Waals surface area contributed by atoms with Gasteiger partial charge in [-0.15, -0.1) is 0 Å². The summed E-state index contributed by atoms with van der Waals surface area (Å²) in [7, 11) is 0. The van der Waals surface area contributed by atoms with Gasteiger partial charge in [-0.2, -0.15) is 0 Å². The fourth-order valence-electron chi connectivity index (χ4n) is 2.43. The number of aromatic amines is 1. The average Bonchev–Trinajstić information content (AvgIpc) is 2.75. The van der Waals surface area contributed by atoms with E-state index in [4.69, 9.17) is 5.73 Å². The predicted octanol–water partition coefficient (Wildman–Crippen LogP) is 0.456. The number of nitrogens with zero attached hydrogens (tertiary/aromatic N) is 2. The van der Waals surface area contributed by atoms with Gasteiger partial charge in [-0.05, 0) is 18.6 Å². The van der Waals surface area contributed by atoms with Crippen LogP contribution in [0.1, 0.15) is 12.2 Å². The van der Waals surface area contributed by atoms with E-state index in [2.05, 4.69) is 14.9 Å². The van der Waals surface area contributed by atoms with Gasteiger partial charge in [0.25, 0.3) is 5.56 Å². The van der Waals surface area contributed by atoms with Crippen molar-refractivity contribution in [2.45, 2.75) is 19.0 Å². The average molecular weight is 244 g/mol. The van der Waals surface area contributed by atoms with E-state index in [0.717, 1.165) is 25.0 Å². The highest BCUT2D eigenvalue weighted by Crippen LogP contribution is 2.11. The molecule has 0 saturated carbocycles. The van der Waals surface area contributed by atoms with Crippen LogP contribution in [0.4, 0.5) is 0 Å². The number of hydrogen-bond acceptors (Lipinski definition) is 4. The van der Waals surface area contributed by atoms with Gasteiger partial charge in [0.05, 0.1) is 17.4 Å². The van der Waals surface area contributed by atoms with Crippen LogP contribution in [0.5, 0.6) is 0 Å². The Balaban J connectivity index is 1.91. The van der Waals surface area contributed by atoms with E-state index in [1.54, 1.807) is 6.07 Å². The molecule has 2 aromatic rings. The molecule has 1 fully saturated rings. The first kappa shape index (κ1) is 11.4. The molecule has 5 nitrogen and oxygen atoms in total. The van der Waals surface area contributed by atoms with Crippen molar-refractivity contribution in [3.05, 3.63) is 40.4 Å². The van der Waals surface area contributed by atoms with Gasteiger partial charge < -0.3 is 10.7 Å². The van der Waals surface area contributed by atoms with E-state index in [-0.39, 0.29) is 11.6 Å². The maximum absolute atomic E-state index is 11.9. The van der Waals surface area contributed by atoms with E-state index in [1.165, 1.54) is 0 Å². The normalized spacial score (nSPS) is 20.6. The SMILES string of the molecule is NC1CCN(Cc2nc3ccccc3c(=O)[nH]2)C1. The second-order valence-electron chi connectivity index (χ2n) is 4.81. The number of nitrogens with one attached hydrogen (secondary N) is 1. The zero-order chi connectivity index (χ0) is 12.5. The van der Waals surface area contributed by atoms with Crippen LogP contribution in [0.25, 0.3) is 10.9 Å². The third-order valence-electron chi connectivity index (χ3n) is 3.34. The Kier molecular flexibility index (Phi) is 2.85. The first-order valence-electron chi connectivity index (χ1n) is 6.18. The van der Waals surface area contributed by atoms with Crippen LogP contribution < -0.4 is 11.3 Å². The molecule has 0 aliphatic carbocycles. The Morgan fingerprint density at radius 2 is 2.28 bits per heavy atom. The maximum Gasteiger partial charge on any atom is 0.258 e. The van der Waals surface area contributed by atoms with Crippen molar-refractivity contribution < 1.29 is 0 Å². The van der Waals surface area contributed by atoms with Gasteiger partial charge in [0.1, 0.15) is 5.82 Å². The number of aromatic nitrogens is 2. The molecule has 1 unspecified atom stereocenters. The summed E-state index contributed by atoms with van der Waals surface area (Å²) in [5, 5.41) is 0.638. The van der Waals surface area contributed by atoms with Gasteiger partial charge in [0.2, 0.25) is 0 Å². The van der Waals surface area contributed by atoms with Crippen molar-refractivity contribution in [1.29, 1.82) is 0 Å². The van der Waals surface area contributed by atoms with Crippen molar-refractivity contribution >= 4 is 10.9 Å². The molecule has 3 N–H and O–H groups in total. The molecule has 1 aliphatic heterocycles. The smallest absolute Gasteiger partial charge is 0.258 e. The van der Waals surface area contributed by atoms with Gasteiger partial charge in [-0.1, -0.05) is 12.1 Å². The van der Waals surface area contributed by atoms with Crippen LogP contribution >= 0.6 is 0 Å². The topological polar surface area (TPSA) is 75.0 Å². The number of H-pyrrole nitrogens is 1. The highest BCUT2D eigenvalue weighted by Gasteiger charge is 2.19. The Labute approximate surface area is 105 Å². The van der Waals surface area contributed by atoms with Gasteiger partial charge in [-0.25, -0.2) is 4.98 Å². The molecule has 1 atom stereocenters. The molecule has 0 amide bonds. The molecule has 1 saturated heterocycles. The minimum atomic E-state index is -0.0703. The zero-order valence-corrected chi connectivity index (χ0v) is 10.1. The summed E-state index contributed by atoms with van der Waals surface area (Å²) in [6.45, 7) is 2.50. The monoisotopic (exact) mass is 244 g/mol. The number of rotatable bonds is 2. The zero-order valence-electron chi connectivity index (χ0n) is 10.1. The molecular formula is C13H16N4O. The minimum Gasteiger partial charge on any atom is -0.326 e. The first-order valence-corrected chi connectivity index (χ1v) is 6.18. The van der Waals surface area contributed by atoms with E-state index >= 15 is 0 Å². The van der Waals surface area contributed by atoms with Crippen LogP contribution in [0, 0.1) is 0 Å². The Bertz CT molecular complexity index is 622. The van der Waals surface area contributed by atoms with Crippen molar-refractivity contribution in [3.63, 3.8) is 0 Å². The Morgan fingerprint density at radius 3 is 3.06 bits per heavy atom. The fourth-order valence-corrected chi connectivity index (χ4v) is 2.43. The van der Waals surface area contributed by atoms with Gasteiger partial charge >= 0.3 is 0 Å². The summed E-state index contributed by atoms with van der Waals surface area (Å²) >= 11 is 0.